The highest BCUT2D eigenvalue weighted by atomic mass is 32.2. The van der Waals surface area contributed by atoms with Crippen molar-refractivity contribution in [3.05, 3.63) is 54.4 Å². The number of ether oxygens (including phenoxy) is 2. The van der Waals surface area contributed by atoms with E-state index in [-0.39, 0.29) is 29.3 Å². The largest absolute Gasteiger partial charge is 0.497 e. The van der Waals surface area contributed by atoms with Gasteiger partial charge in [0.1, 0.15) is 5.75 Å². The summed E-state index contributed by atoms with van der Waals surface area (Å²) in [6.07, 6.45) is 3.59. The van der Waals surface area contributed by atoms with Crippen LogP contribution in [0.15, 0.2) is 48.3 Å². The van der Waals surface area contributed by atoms with E-state index in [1.54, 1.807) is 46.9 Å². The molecule has 176 valence electrons. The van der Waals surface area contributed by atoms with E-state index in [1.165, 1.54) is 13.3 Å². The fourth-order valence-corrected chi connectivity index (χ4v) is 4.82. The van der Waals surface area contributed by atoms with Gasteiger partial charge in [-0.3, -0.25) is 4.79 Å². The predicted molar refractivity (Wildman–Crippen MR) is 123 cm³/mol. The summed E-state index contributed by atoms with van der Waals surface area (Å²) in [6.45, 7) is 8.93. The fraction of sp³-hybridized carbons (Fsp3) is 0.478. The number of sulfone groups is 1. The Kier molecular flexibility index (Phi) is 9.46. The second-order valence-electron chi connectivity index (χ2n) is 7.95. The van der Waals surface area contributed by atoms with Gasteiger partial charge in [0.05, 0.1) is 37.9 Å². The molecule has 1 aromatic heterocycles. The minimum absolute atomic E-state index is 0.0137. The van der Waals surface area contributed by atoms with E-state index in [0.717, 1.165) is 0 Å². The molecule has 2 rings (SSSR count). The van der Waals surface area contributed by atoms with Gasteiger partial charge in [-0.05, 0) is 23.6 Å². The maximum atomic E-state index is 13.2. The zero-order chi connectivity index (χ0) is 23.7. The average molecular weight is 464 g/mol. The van der Waals surface area contributed by atoms with E-state index in [4.69, 9.17) is 9.47 Å². The standard InChI is InChI=1S/C23H33N3O5S/c1-6-10-25(22(27)13-18(2)3)16-20-15-24-23(26(20)11-12-30-4)32(28,29)17-19-8-7-9-21(14-19)31-5/h6-9,14-15,18H,1,10-13,16-17H2,2-5H3. The van der Waals surface area contributed by atoms with Gasteiger partial charge in [0.2, 0.25) is 20.9 Å². The smallest absolute Gasteiger partial charge is 0.228 e. The van der Waals surface area contributed by atoms with E-state index in [2.05, 4.69) is 11.6 Å². The van der Waals surface area contributed by atoms with Crippen LogP contribution in [0.1, 0.15) is 31.5 Å². The van der Waals surface area contributed by atoms with Crippen molar-refractivity contribution in [2.24, 2.45) is 5.92 Å². The average Bonchev–Trinajstić information content (AvgIpc) is 3.14. The molecule has 0 spiro atoms. The summed E-state index contributed by atoms with van der Waals surface area (Å²) >= 11 is 0. The number of aromatic nitrogens is 2. The Balaban J connectivity index is 2.37. The Labute approximate surface area is 190 Å². The minimum atomic E-state index is -3.75. The van der Waals surface area contributed by atoms with Crippen LogP contribution in [0.5, 0.6) is 5.75 Å². The highest BCUT2D eigenvalue weighted by molar-refractivity contribution is 7.90. The number of hydrogen-bond donors (Lipinski definition) is 0. The molecule has 0 aliphatic heterocycles. The molecule has 0 saturated carbocycles. The van der Waals surface area contributed by atoms with Gasteiger partial charge in [0.25, 0.3) is 0 Å². The normalized spacial score (nSPS) is 11.5. The number of amides is 1. The van der Waals surface area contributed by atoms with Crippen molar-refractivity contribution in [1.82, 2.24) is 14.5 Å². The number of benzene rings is 1. The molecule has 0 aliphatic carbocycles. The van der Waals surface area contributed by atoms with E-state index in [1.807, 2.05) is 13.8 Å². The summed E-state index contributed by atoms with van der Waals surface area (Å²) in [4.78, 5) is 18.6. The highest BCUT2D eigenvalue weighted by Crippen LogP contribution is 2.21. The van der Waals surface area contributed by atoms with Crippen LogP contribution in [0.2, 0.25) is 0 Å². The third-order valence-electron chi connectivity index (χ3n) is 4.83. The molecule has 0 aliphatic rings. The maximum absolute atomic E-state index is 13.2. The molecule has 0 unspecified atom stereocenters. The maximum Gasteiger partial charge on any atom is 0.228 e. The molecule has 2 aromatic rings. The van der Waals surface area contributed by atoms with Crippen LogP contribution >= 0.6 is 0 Å². The van der Waals surface area contributed by atoms with Gasteiger partial charge in [-0.2, -0.15) is 0 Å². The van der Waals surface area contributed by atoms with Crippen molar-refractivity contribution in [1.29, 1.82) is 0 Å². The molecular formula is C23H33N3O5S. The monoisotopic (exact) mass is 463 g/mol. The van der Waals surface area contributed by atoms with Crippen LogP contribution in [0.25, 0.3) is 0 Å². The van der Waals surface area contributed by atoms with Crippen LogP contribution in [0.4, 0.5) is 0 Å². The molecule has 1 aromatic carbocycles. The Bertz CT molecular complexity index is 1010. The third kappa shape index (κ3) is 6.93. The Morgan fingerprint density at radius 3 is 2.69 bits per heavy atom. The summed E-state index contributed by atoms with van der Waals surface area (Å²) in [7, 11) is -0.661. The zero-order valence-corrected chi connectivity index (χ0v) is 20.1. The second-order valence-corrected chi connectivity index (χ2v) is 9.83. The summed E-state index contributed by atoms with van der Waals surface area (Å²) < 4.78 is 38.5. The predicted octanol–water partition coefficient (Wildman–Crippen LogP) is 3.07. The molecule has 1 amide bonds. The number of rotatable bonds is 13. The van der Waals surface area contributed by atoms with Crippen LogP contribution in [0.3, 0.4) is 0 Å². The van der Waals surface area contributed by atoms with Gasteiger partial charge in [0.15, 0.2) is 0 Å². The Hall–Kier alpha value is -2.65. The molecule has 0 radical (unpaired) electrons. The molecule has 1 heterocycles. The number of methoxy groups -OCH3 is 2. The molecule has 0 fully saturated rings. The van der Waals surface area contributed by atoms with Crippen molar-refractivity contribution in [3.63, 3.8) is 0 Å². The molecule has 9 heteroatoms. The lowest BCUT2D eigenvalue weighted by Gasteiger charge is -2.23. The lowest BCUT2D eigenvalue weighted by atomic mass is 10.1. The number of hydrogen-bond acceptors (Lipinski definition) is 6. The van der Waals surface area contributed by atoms with E-state index < -0.39 is 9.84 Å². The van der Waals surface area contributed by atoms with Crippen molar-refractivity contribution in [3.8, 4) is 5.75 Å². The molecule has 8 nitrogen and oxygen atoms in total. The summed E-state index contributed by atoms with van der Waals surface area (Å²) in [6, 6.07) is 6.94. The lowest BCUT2D eigenvalue weighted by molar-refractivity contribution is -0.132. The van der Waals surface area contributed by atoms with Gasteiger partial charge < -0.3 is 18.9 Å². The lowest BCUT2D eigenvalue weighted by Crippen LogP contribution is -2.32. The number of carbonyl (C=O) groups excluding carboxylic acids is 1. The summed E-state index contributed by atoms with van der Waals surface area (Å²) in [5.41, 5.74) is 1.23. The molecule has 0 saturated heterocycles. The molecular weight excluding hydrogens is 430 g/mol. The molecule has 0 atom stereocenters. The zero-order valence-electron chi connectivity index (χ0n) is 19.3. The van der Waals surface area contributed by atoms with E-state index >= 15 is 0 Å². The van der Waals surface area contributed by atoms with Crippen LogP contribution in [0, 0.1) is 5.92 Å². The summed E-state index contributed by atoms with van der Waals surface area (Å²) in [5, 5.41) is -0.0396. The highest BCUT2D eigenvalue weighted by Gasteiger charge is 2.25. The first kappa shape index (κ1) is 25.6. The molecule has 0 bridgehead atoms. The van der Waals surface area contributed by atoms with E-state index in [9.17, 15) is 13.2 Å². The topological polar surface area (TPSA) is 90.7 Å². The van der Waals surface area contributed by atoms with E-state index in [0.29, 0.717) is 43.1 Å². The van der Waals surface area contributed by atoms with Gasteiger partial charge >= 0.3 is 0 Å². The third-order valence-corrected chi connectivity index (χ3v) is 6.42. The van der Waals surface area contributed by atoms with Crippen LogP contribution in [-0.2, 0) is 38.2 Å². The van der Waals surface area contributed by atoms with Gasteiger partial charge in [-0.1, -0.05) is 32.1 Å². The van der Waals surface area contributed by atoms with Crippen LogP contribution in [-0.4, -0.2) is 56.1 Å². The first-order valence-electron chi connectivity index (χ1n) is 10.5. The molecule has 0 N–H and O–H groups in total. The Morgan fingerprint density at radius 2 is 2.06 bits per heavy atom. The number of imidazole rings is 1. The SMILES string of the molecule is C=CCN(Cc1cnc(S(=O)(=O)Cc2cccc(OC)c2)n1CCOC)C(=O)CC(C)C. The quantitative estimate of drug-likeness (QED) is 0.424. The first-order valence-corrected chi connectivity index (χ1v) is 12.1. The summed E-state index contributed by atoms with van der Waals surface area (Å²) in [5.74, 6) is 0.577. The van der Waals surface area contributed by atoms with Gasteiger partial charge in [-0.25, -0.2) is 13.4 Å². The number of carbonyl (C=O) groups is 1. The second kappa shape index (κ2) is 11.8. The van der Waals surface area contributed by atoms with Crippen LogP contribution < -0.4 is 4.74 Å². The minimum Gasteiger partial charge on any atom is -0.497 e. The van der Waals surface area contributed by atoms with Crippen molar-refractivity contribution in [2.45, 2.75) is 44.3 Å². The molecule has 32 heavy (non-hydrogen) atoms. The van der Waals surface area contributed by atoms with Gasteiger partial charge in [0, 0.05) is 26.6 Å². The first-order chi connectivity index (χ1) is 15.2. The van der Waals surface area contributed by atoms with Gasteiger partial charge in [-0.15, -0.1) is 6.58 Å². The van der Waals surface area contributed by atoms with Crippen molar-refractivity contribution in [2.75, 3.05) is 27.4 Å². The van der Waals surface area contributed by atoms with Crippen molar-refractivity contribution >= 4 is 15.7 Å². The van der Waals surface area contributed by atoms with Crippen molar-refractivity contribution < 1.29 is 22.7 Å². The Morgan fingerprint density at radius 1 is 1.31 bits per heavy atom. The number of nitrogens with zero attached hydrogens (tertiary/aromatic N) is 3. The fourth-order valence-electron chi connectivity index (χ4n) is 3.32.